The highest BCUT2D eigenvalue weighted by Crippen LogP contribution is 2.40. The number of tetrazole rings is 1. The topological polar surface area (TPSA) is 128 Å². The van der Waals surface area contributed by atoms with Gasteiger partial charge in [0.05, 0.1) is 16.1 Å². The molecule has 2 aromatic carbocycles. The molecule has 11 nitrogen and oxygen atoms in total. The average molecular weight is 435 g/mol. The van der Waals surface area contributed by atoms with Crippen LogP contribution in [0.1, 0.15) is 24.1 Å². The molecule has 0 aliphatic carbocycles. The third-order valence-corrected chi connectivity index (χ3v) is 5.17. The predicted octanol–water partition coefficient (Wildman–Crippen LogP) is 2.68. The van der Waals surface area contributed by atoms with Gasteiger partial charge >= 0.3 is 5.97 Å². The zero-order valence-corrected chi connectivity index (χ0v) is 17.7. The van der Waals surface area contributed by atoms with Crippen LogP contribution in [0.25, 0.3) is 0 Å². The first-order valence-corrected chi connectivity index (χ1v) is 9.79. The van der Waals surface area contributed by atoms with Crippen LogP contribution in [-0.4, -0.2) is 45.2 Å². The van der Waals surface area contributed by atoms with Gasteiger partial charge in [-0.25, -0.2) is 4.79 Å². The van der Waals surface area contributed by atoms with Gasteiger partial charge in [-0.3, -0.25) is 10.1 Å². The summed E-state index contributed by atoms with van der Waals surface area (Å²) in [4.78, 5) is 26.4. The van der Waals surface area contributed by atoms with Crippen LogP contribution in [0, 0.1) is 10.1 Å². The zero-order chi connectivity index (χ0) is 22.8. The first kappa shape index (κ1) is 21.0. The summed E-state index contributed by atoms with van der Waals surface area (Å²) in [6.45, 7) is 1.75. The number of nitro benzene ring substituents is 1. The van der Waals surface area contributed by atoms with Crippen molar-refractivity contribution in [3.05, 3.63) is 81.0 Å². The van der Waals surface area contributed by atoms with Crippen molar-refractivity contribution < 1.29 is 14.5 Å². The minimum absolute atomic E-state index is 0.0628. The van der Waals surface area contributed by atoms with E-state index in [1.807, 2.05) is 30.3 Å². The molecule has 1 N–H and O–H groups in total. The van der Waals surface area contributed by atoms with Crippen molar-refractivity contribution in [1.82, 2.24) is 20.2 Å². The number of hydrogen-bond acceptors (Lipinski definition) is 9. The van der Waals surface area contributed by atoms with Gasteiger partial charge in [-0.2, -0.15) is 4.68 Å². The number of aromatic nitrogens is 4. The van der Waals surface area contributed by atoms with Crippen LogP contribution in [0.15, 0.2) is 59.8 Å². The zero-order valence-electron chi connectivity index (χ0n) is 17.7. The Morgan fingerprint density at radius 2 is 2.00 bits per heavy atom. The first-order chi connectivity index (χ1) is 15.4. The maximum absolute atomic E-state index is 13.2. The Bertz CT molecular complexity index is 1200. The lowest BCUT2D eigenvalue weighted by Gasteiger charge is -2.27. The number of hydrogen-bond donors (Lipinski definition) is 1. The Kier molecular flexibility index (Phi) is 5.54. The second kappa shape index (κ2) is 8.46. The highest BCUT2D eigenvalue weighted by Gasteiger charge is 2.38. The molecular weight excluding hydrogens is 414 g/mol. The van der Waals surface area contributed by atoms with Crippen molar-refractivity contribution in [1.29, 1.82) is 0 Å². The smallest absolute Gasteiger partial charge is 0.338 e. The van der Waals surface area contributed by atoms with E-state index in [9.17, 15) is 14.9 Å². The minimum atomic E-state index is -0.930. The molecule has 1 atom stereocenters. The molecule has 32 heavy (non-hydrogen) atoms. The van der Waals surface area contributed by atoms with Crippen molar-refractivity contribution in [3.8, 4) is 0 Å². The number of benzene rings is 2. The normalized spacial score (nSPS) is 15.0. The van der Waals surface area contributed by atoms with E-state index < -0.39 is 16.9 Å². The van der Waals surface area contributed by atoms with Crippen LogP contribution in [-0.2, 0) is 16.1 Å². The van der Waals surface area contributed by atoms with E-state index in [4.69, 9.17) is 4.74 Å². The summed E-state index contributed by atoms with van der Waals surface area (Å²) < 4.78 is 6.90. The first-order valence-electron chi connectivity index (χ1n) is 9.79. The number of rotatable bonds is 6. The number of carbonyl (C=O) groups is 1. The summed E-state index contributed by atoms with van der Waals surface area (Å²) in [6.07, 6.45) is 0. The number of ether oxygens (including phenoxy) is 1. The predicted molar refractivity (Wildman–Crippen MR) is 116 cm³/mol. The number of carbonyl (C=O) groups excluding carboxylic acids is 1. The molecule has 164 valence electrons. The molecule has 2 heterocycles. The number of nitro groups is 1. The highest BCUT2D eigenvalue weighted by molar-refractivity contribution is 5.92. The van der Waals surface area contributed by atoms with Gasteiger partial charge in [0, 0.05) is 31.5 Å². The summed E-state index contributed by atoms with van der Waals surface area (Å²) in [5.74, 6) is -0.339. The second-order valence-corrected chi connectivity index (χ2v) is 7.47. The van der Waals surface area contributed by atoms with E-state index in [0.29, 0.717) is 11.4 Å². The van der Waals surface area contributed by atoms with Gasteiger partial charge in [0.2, 0.25) is 5.95 Å². The summed E-state index contributed by atoms with van der Waals surface area (Å²) >= 11 is 0. The molecule has 0 amide bonds. The lowest BCUT2D eigenvalue weighted by Crippen LogP contribution is -2.30. The minimum Gasteiger partial charge on any atom is -0.457 e. The molecular formula is C21H21N7O4. The standard InChI is InChI=1S/C21H21N7O4/c1-13-18(20(29)32-12-14-7-5-4-6-8-14)19(27-21(22-13)23-24-25-27)16-10-9-15(26(2)3)11-17(16)28(30)31/h4-11,19H,12H2,1-3H3,(H,22,23,25). The van der Waals surface area contributed by atoms with Crippen molar-refractivity contribution in [3.63, 3.8) is 0 Å². The van der Waals surface area contributed by atoms with Crippen LogP contribution in [0.3, 0.4) is 0 Å². The molecule has 0 saturated heterocycles. The summed E-state index contributed by atoms with van der Waals surface area (Å²) in [7, 11) is 3.58. The Labute approximate surface area is 183 Å². The fourth-order valence-corrected chi connectivity index (χ4v) is 3.56. The molecule has 0 bridgehead atoms. The molecule has 1 unspecified atom stereocenters. The van der Waals surface area contributed by atoms with E-state index in [2.05, 4.69) is 20.8 Å². The van der Waals surface area contributed by atoms with Gasteiger partial charge in [-0.15, -0.1) is 0 Å². The molecule has 1 aliphatic rings. The third-order valence-electron chi connectivity index (χ3n) is 5.17. The second-order valence-electron chi connectivity index (χ2n) is 7.47. The van der Waals surface area contributed by atoms with E-state index in [1.165, 1.54) is 10.7 Å². The van der Waals surface area contributed by atoms with Crippen LogP contribution in [0.4, 0.5) is 17.3 Å². The number of anilines is 2. The number of esters is 1. The maximum Gasteiger partial charge on any atom is 0.338 e. The Morgan fingerprint density at radius 1 is 1.25 bits per heavy atom. The molecule has 1 aliphatic heterocycles. The van der Waals surface area contributed by atoms with Crippen LogP contribution in [0.2, 0.25) is 0 Å². The van der Waals surface area contributed by atoms with Crippen LogP contribution in [0.5, 0.6) is 0 Å². The molecule has 0 saturated carbocycles. The SMILES string of the molecule is CC1=C(C(=O)OCc2ccccc2)C(c2ccc(N(C)C)cc2[N+](=O)[O-])n2nnnc2N1. The Balaban J connectivity index is 1.78. The molecule has 0 radical (unpaired) electrons. The van der Waals surface area contributed by atoms with Gasteiger partial charge in [0.15, 0.2) is 0 Å². The summed E-state index contributed by atoms with van der Waals surface area (Å²) in [5.41, 5.74) is 2.26. The summed E-state index contributed by atoms with van der Waals surface area (Å²) in [5, 5.41) is 26.5. The molecule has 11 heteroatoms. The lowest BCUT2D eigenvalue weighted by atomic mass is 9.94. The monoisotopic (exact) mass is 435 g/mol. The van der Waals surface area contributed by atoms with E-state index in [-0.39, 0.29) is 29.4 Å². The van der Waals surface area contributed by atoms with E-state index >= 15 is 0 Å². The molecule has 0 fully saturated rings. The van der Waals surface area contributed by atoms with Crippen molar-refractivity contribution in [2.75, 3.05) is 24.3 Å². The Hall–Kier alpha value is -4.28. The average Bonchev–Trinajstić information content (AvgIpc) is 3.24. The fraction of sp³-hybridized carbons (Fsp3) is 0.238. The quantitative estimate of drug-likeness (QED) is 0.353. The van der Waals surface area contributed by atoms with Gasteiger partial charge < -0.3 is 15.0 Å². The molecule has 3 aromatic rings. The van der Waals surface area contributed by atoms with Crippen LogP contribution < -0.4 is 10.2 Å². The van der Waals surface area contributed by atoms with Gasteiger partial charge in [-0.1, -0.05) is 35.4 Å². The lowest BCUT2D eigenvalue weighted by molar-refractivity contribution is -0.385. The largest absolute Gasteiger partial charge is 0.457 e. The van der Waals surface area contributed by atoms with Crippen molar-refractivity contribution >= 4 is 23.3 Å². The Morgan fingerprint density at radius 3 is 2.69 bits per heavy atom. The van der Waals surface area contributed by atoms with Gasteiger partial charge in [-0.05, 0) is 35.0 Å². The van der Waals surface area contributed by atoms with Crippen molar-refractivity contribution in [2.45, 2.75) is 19.6 Å². The van der Waals surface area contributed by atoms with Crippen LogP contribution >= 0.6 is 0 Å². The van der Waals surface area contributed by atoms with Crippen molar-refractivity contribution in [2.24, 2.45) is 0 Å². The third kappa shape index (κ3) is 3.87. The number of nitrogens with zero attached hydrogens (tertiary/aromatic N) is 6. The number of nitrogens with one attached hydrogen (secondary N) is 1. The molecule has 4 rings (SSSR count). The number of fused-ring (bicyclic) bond motifs is 1. The van der Waals surface area contributed by atoms with E-state index in [0.717, 1.165) is 5.56 Å². The fourth-order valence-electron chi connectivity index (χ4n) is 3.56. The maximum atomic E-state index is 13.2. The van der Waals surface area contributed by atoms with Gasteiger partial charge in [0.25, 0.3) is 5.69 Å². The van der Waals surface area contributed by atoms with E-state index in [1.54, 1.807) is 38.1 Å². The molecule has 1 aromatic heterocycles. The highest BCUT2D eigenvalue weighted by atomic mass is 16.6. The number of allylic oxidation sites excluding steroid dienone is 1. The molecule has 0 spiro atoms. The summed E-state index contributed by atoms with van der Waals surface area (Å²) in [6, 6.07) is 13.1. The van der Waals surface area contributed by atoms with Gasteiger partial charge in [0.1, 0.15) is 12.6 Å².